The van der Waals surface area contributed by atoms with Gasteiger partial charge in [0.25, 0.3) is 0 Å². The molecule has 0 bridgehead atoms. The zero-order valence-electron chi connectivity index (χ0n) is 17.0. The maximum Gasteiger partial charge on any atom is 0.180 e. The summed E-state index contributed by atoms with van der Waals surface area (Å²) in [7, 11) is 0. The summed E-state index contributed by atoms with van der Waals surface area (Å²) in [4.78, 5) is 0. The van der Waals surface area contributed by atoms with Crippen molar-refractivity contribution >= 4 is 21.5 Å². The maximum atomic E-state index is 15.5. The number of nitrogens with zero attached hydrogens (tertiary/aromatic N) is 6. The monoisotopic (exact) mass is 456 g/mol. The molecule has 0 aliphatic heterocycles. The number of nitriles is 6. The van der Waals surface area contributed by atoms with Crippen LogP contribution in [0, 0.1) is 85.4 Å². The summed E-state index contributed by atoms with van der Waals surface area (Å²) in [6, 6.07) is 14.3. The Morgan fingerprint density at radius 3 is 1.51 bits per heavy atom. The minimum Gasteiger partial charge on any atom is -0.205 e. The molecule has 0 N–H and O–H groups in total. The minimum absolute atomic E-state index is 0.00406. The molecule has 0 aromatic heterocycles. The molecular formula is C26H3F3N6. The van der Waals surface area contributed by atoms with Crippen LogP contribution in [0.25, 0.3) is 43.8 Å². The molecule has 0 saturated heterocycles. The number of hydrogen-bond acceptors (Lipinski definition) is 6. The van der Waals surface area contributed by atoms with Crippen LogP contribution in [0.2, 0.25) is 0 Å². The van der Waals surface area contributed by atoms with Gasteiger partial charge in [-0.15, -0.1) is 0 Å². The molecule has 4 aromatic carbocycles. The summed E-state index contributed by atoms with van der Waals surface area (Å²) in [5.74, 6) is -4.94. The van der Waals surface area contributed by atoms with Crippen molar-refractivity contribution < 1.29 is 13.2 Å². The molecule has 0 saturated carbocycles. The van der Waals surface area contributed by atoms with Gasteiger partial charge < -0.3 is 0 Å². The molecule has 6 nitrogen and oxygen atoms in total. The van der Waals surface area contributed by atoms with E-state index in [1.807, 2.05) is 18.2 Å². The Morgan fingerprint density at radius 2 is 0.971 bits per heavy atom. The highest BCUT2D eigenvalue weighted by Crippen LogP contribution is 2.54. The van der Waals surface area contributed by atoms with E-state index in [1.165, 1.54) is 24.3 Å². The van der Waals surface area contributed by atoms with Crippen molar-refractivity contribution in [3.8, 4) is 58.7 Å². The van der Waals surface area contributed by atoms with Crippen LogP contribution >= 0.6 is 0 Å². The first kappa shape index (κ1) is 21.0. The molecule has 0 radical (unpaired) electrons. The molecule has 158 valence electrons. The van der Waals surface area contributed by atoms with E-state index < -0.39 is 39.4 Å². The van der Waals surface area contributed by atoms with Crippen LogP contribution in [0.3, 0.4) is 0 Å². The third kappa shape index (κ3) is 2.36. The van der Waals surface area contributed by atoms with Crippen molar-refractivity contribution in [3.05, 3.63) is 69.0 Å². The minimum atomic E-state index is -1.80. The Labute approximate surface area is 194 Å². The highest BCUT2D eigenvalue weighted by atomic mass is 19.2. The molecule has 9 heteroatoms. The lowest BCUT2D eigenvalue weighted by atomic mass is 9.86. The summed E-state index contributed by atoms with van der Waals surface area (Å²) in [5.41, 5.74) is -1.65. The van der Waals surface area contributed by atoms with E-state index in [1.54, 1.807) is 12.1 Å². The van der Waals surface area contributed by atoms with E-state index in [0.29, 0.717) is 0 Å². The average Bonchev–Trinajstić information content (AvgIpc) is 3.19. The zero-order chi connectivity index (χ0) is 25.2. The van der Waals surface area contributed by atoms with Gasteiger partial charge >= 0.3 is 0 Å². The van der Waals surface area contributed by atoms with Crippen molar-refractivity contribution in [1.29, 1.82) is 31.6 Å². The fraction of sp³-hybridized carbons (Fsp3) is 0. The smallest absolute Gasteiger partial charge is 0.180 e. The van der Waals surface area contributed by atoms with Crippen molar-refractivity contribution in [1.82, 2.24) is 0 Å². The molecule has 35 heavy (non-hydrogen) atoms. The molecule has 5 rings (SSSR count). The summed E-state index contributed by atoms with van der Waals surface area (Å²) in [5, 5.41) is 56.1. The third-order valence-corrected chi connectivity index (χ3v) is 6.06. The van der Waals surface area contributed by atoms with Crippen LogP contribution in [0.4, 0.5) is 13.2 Å². The van der Waals surface area contributed by atoms with Crippen LogP contribution in [0.15, 0.2) is 18.2 Å². The second-order valence-corrected chi connectivity index (χ2v) is 7.53. The Hall–Kier alpha value is -5.87. The molecule has 1 aliphatic carbocycles. The van der Waals surface area contributed by atoms with Crippen LogP contribution in [0.1, 0.15) is 33.4 Å². The lowest BCUT2D eigenvalue weighted by Gasteiger charge is -2.15. The largest absolute Gasteiger partial charge is 0.205 e. The maximum absolute atomic E-state index is 15.5. The SMILES string of the molecule is N#Cc1cc2c(cc1C#N)-c1c(C#N)c3c(F)c(F)c(C#N)c(F)c3c3c(C#N)c(C#N)cc-2c13. The van der Waals surface area contributed by atoms with Crippen molar-refractivity contribution in [2.24, 2.45) is 0 Å². The molecule has 0 unspecified atom stereocenters. The quantitative estimate of drug-likeness (QED) is 0.229. The van der Waals surface area contributed by atoms with E-state index in [0.717, 1.165) is 0 Å². The summed E-state index contributed by atoms with van der Waals surface area (Å²) in [6.07, 6.45) is 0. The molecule has 4 aromatic rings. The number of hydrogen-bond donors (Lipinski definition) is 0. The predicted molar refractivity (Wildman–Crippen MR) is 114 cm³/mol. The van der Waals surface area contributed by atoms with Gasteiger partial charge in [-0.1, -0.05) is 0 Å². The fourth-order valence-electron chi connectivity index (χ4n) is 4.68. The van der Waals surface area contributed by atoms with Crippen molar-refractivity contribution in [2.45, 2.75) is 0 Å². The Bertz CT molecular complexity index is 2000. The lowest BCUT2D eigenvalue weighted by molar-refractivity contribution is 0.502. The summed E-state index contributed by atoms with van der Waals surface area (Å²) >= 11 is 0. The van der Waals surface area contributed by atoms with Crippen LogP contribution in [0.5, 0.6) is 0 Å². The number of halogens is 3. The number of rotatable bonds is 0. The molecule has 0 amide bonds. The average molecular weight is 456 g/mol. The van der Waals surface area contributed by atoms with E-state index >= 15 is 8.78 Å². The topological polar surface area (TPSA) is 143 Å². The van der Waals surface area contributed by atoms with Crippen molar-refractivity contribution in [3.63, 3.8) is 0 Å². The number of benzene rings is 4. The third-order valence-electron chi connectivity index (χ3n) is 6.06. The highest BCUT2D eigenvalue weighted by molar-refractivity contribution is 6.28. The van der Waals surface area contributed by atoms with E-state index in [-0.39, 0.29) is 55.3 Å². The van der Waals surface area contributed by atoms with Gasteiger partial charge in [-0.3, -0.25) is 0 Å². The fourth-order valence-corrected chi connectivity index (χ4v) is 4.68. The molecule has 1 aliphatic rings. The molecule has 0 fully saturated rings. The zero-order valence-corrected chi connectivity index (χ0v) is 17.0. The standard InChI is InChI=1S/C26H3F3N6/c27-24-18(9-35)25(28)26(29)22-17(8-34)19-14-2-11(5-31)10(4-30)1-13(14)15-3-12(6-32)16(7-33)21(20(15)19)23(22)24/h1-3H. The molecular weight excluding hydrogens is 453 g/mol. The van der Waals surface area contributed by atoms with Crippen LogP contribution in [-0.2, 0) is 0 Å². The van der Waals surface area contributed by atoms with Gasteiger partial charge in [-0.2, -0.15) is 31.6 Å². The van der Waals surface area contributed by atoms with Gasteiger partial charge in [0.05, 0.1) is 27.8 Å². The van der Waals surface area contributed by atoms with Crippen LogP contribution < -0.4 is 0 Å². The highest BCUT2D eigenvalue weighted by Gasteiger charge is 2.34. The first-order valence-corrected chi connectivity index (χ1v) is 9.64. The Morgan fingerprint density at radius 1 is 0.429 bits per heavy atom. The van der Waals surface area contributed by atoms with E-state index in [4.69, 9.17) is 0 Å². The Balaban J connectivity index is 2.26. The van der Waals surface area contributed by atoms with Crippen molar-refractivity contribution in [2.75, 3.05) is 0 Å². The first-order valence-electron chi connectivity index (χ1n) is 9.64. The second-order valence-electron chi connectivity index (χ2n) is 7.53. The van der Waals surface area contributed by atoms with Gasteiger partial charge in [0.15, 0.2) is 17.5 Å². The summed E-state index contributed by atoms with van der Waals surface area (Å²) in [6.45, 7) is 0. The molecule has 0 spiro atoms. The van der Waals surface area contributed by atoms with Gasteiger partial charge in [-0.25, -0.2) is 13.2 Å². The first-order chi connectivity index (χ1) is 16.9. The Kier molecular flexibility index (Phi) is 4.24. The molecule has 0 atom stereocenters. The predicted octanol–water partition coefficient (Wildman–Crippen LogP) is 5.29. The lowest BCUT2D eigenvalue weighted by Crippen LogP contribution is -2.03. The number of fused-ring (bicyclic) bond motifs is 5. The summed E-state index contributed by atoms with van der Waals surface area (Å²) < 4.78 is 45.5. The normalized spacial score (nSPS) is 10.5. The van der Waals surface area contributed by atoms with Gasteiger partial charge in [0, 0.05) is 27.1 Å². The van der Waals surface area contributed by atoms with E-state index in [2.05, 4.69) is 0 Å². The van der Waals surface area contributed by atoms with Gasteiger partial charge in [0.2, 0.25) is 0 Å². The van der Waals surface area contributed by atoms with Crippen LogP contribution in [-0.4, -0.2) is 0 Å². The molecule has 0 heterocycles. The second kappa shape index (κ2) is 7.07. The van der Waals surface area contributed by atoms with E-state index in [9.17, 15) is 36.0 Å². The van der Waals surface area contributed by atoms with Gasteiger partial charge in [-0.05, 0) is 34.9 Å². The van der Waals surface area contributed by atoms with Gasteiger partial charge in [0.1, 0.15) is 42.0 Å².